The normalized spacial score (nSPS) is 32.3. The maximum absolute atomic E-state index is 10.5. The van der Waals surface area contributed by atoms with E-state index in [0.717, 1.165) is 13.0 Å². The summed E-state index contributed by atoms with van der Waals surface area (Å²) in [7, 11) is 0. The SMILES string of the molecule is CC(C)N1CCCC1CC1OCC(CCC(=O)O)O1. The standard InChI is InChI=1S/C14H25NO4/c1-10(2)15-7-3-4-11(15)8-14-18-9-12(19-14)5-6-13(16)17/h10-12,14H,3-9H2,1-2H3,(H,16,17). The Morgan fingerprint density at radius 1 is 1.47 bits per heavy atom. The van der Waals surface area contributed by atoms with Crippen molar-refractivity contribution in [3.8, 4) is 0 Å². The van der Waals surface area contributed by atoms with E-state index in [1.807, 2.05) is 0 Å². The van der Waals surface area contributed by atoms with Crippen LogP contribution in [0.3, 0.4) is 0 Å². The summed E-state index contributed by atoms with van der Waals surface area (Å²) < 4.78 is 11.4. The first-order valence-corrected chi connectivity index (χ1v) is 7.31. The van der Waals surface area contributed by atoms with E-state index < -0.39 is 5.97 Å². The van der Waals surface area contributed by atoms with Crippen LogP contribution in [0.15, 0.2) is 0 Å². The molecule has 5 heteroatoms. The Bertz CT molecular complexity index is 308. The van der Waals surface area contributed by atoms with Gasteiger partial charge < -0.3 is 14.6 Å². The summed E-state index contributed by atoms with van der Waals surface area (Å²) in [6.45, 7) is 6.15. The second-order valence-electron chi connectivity index (χ2n) is 5.82. The molecule has 2 saturated heterocycles. The number of hydrogen-bond donors (Lipinski definition) is 1. The molecular formula is C14H25NO4. The molecule has 5 nitrogen and oxygen atoms in total. The highest BCUT2D eigenvalue weighted by Gasteiger charge is 2.33. The zero-order chi connectivity index (χ0) is 13.8. The Labute approximate surface area is 114 Å². The zero-order valence-electron chi connectivity index (χ0n) is 11.9. The van der Waals surface area contributed by atoms with Gasteiger partial charge in [-0.05, 0) is 39.7 Å². The third-order valence-corrected chi connectivity index (χ3v) is 4.04. The minimum absolute atomic E-state index is 0.0463. The van der Waals surface area contributed by atoms with Gasteiger partial charge in [-0.15, -0.1) is 0 Å². The molecule has 0 aromatic rings. The van der Waals surface area contributed by atoms with E-state index in [4.69, 9.17) is 14.6 Å². The van der Waals surface area contributed by atoms with Crippen molar-refractivity contribution < 1.29 is 19.4 Å². The van der Waals surface area contributed by atoms with Crippen molar-refractivity contribution in [3.05, 3.63) is 0 Å². The lowest BCUT2D eigenvalue weighted by Gasteiger charge is -2.29. The van der Waals surface area contributed by atoms with Crippen molar-refractivity contribution in [2.24, 2.45) is 0 Å². The number of ether oxygens (including phenoxy) is 2. The average Bonchev–Trinajstić information content (AvgIpc) is 2.96. The lowest BCUT2D eigenvalue weighted by molar-refractivity contribution is -0.138. The number of rotatable bonds is 6. The van der Waals surface area contributed by atoms with Crippen LogP contribution in [0.4, 0.5) is 0 Å². The van der Waals surface area contributed by atoms with Crippen molar-refractivity contribution in [1.29, 1.82) is 0 Å². The molecule has 2 fully saturated rings. The molecule has 110 valence electrons. The smallest absolute Gasteiger partial charge is 0.303 e. The van der Waals surface area contributed by atoms with Gasteiger partial charge in [-0.2, -0.15) is 0 Å². The van der Waals surface area contributed by atoms with Crippen LogP contribution in [0.2, 0.25) is 0 Å². The van der Waals surface area contributed by atoms with Crippen LogP contribution in [-0.2, 0) is 14.3 Å². The van der Waals surface area contributed by atoms with Crippen LogP contribution in [-0.4, -0.2) is 53.6 Å². The van der Waals surface area contributed by atoms with Crippen LogP contribution in [0.25, 0.3) is 0 Å². The Hall–Kier alpha value is -0.650. The van der Waals surface area contributed by atoms with Gasteiger partial charge in [0.15, 0.2) is 6.29 Å². The first-order valence-electron chi connectivity index (χ1n) is 7.31. The summed E-state index contributed by atoms with van der Waals surface area (Å²) in [6.07, 6.45) is 3.87. The average molecular weight is 271 g/mol. The Kier molecular flexibility index (Phi) is 5.19. The van der Waals surface area contributed by atoms with E-state index in [2.05, 4.69) is 18.7 Å². The summed E-state index contributed by atoms with van der Waals surface area (Å²) >= 11 is 0. The maximum atomic E-state index is 10.5. The fraction of sp³-hybridized carbons (Fsp3) is 0.929. The van der Waals surface area contributed by atoms with Gasteiger partial charge in [0.2, 0.25) is 0 Å². The molecule has 0 aromatic carbocycles. The molecule has 2 heterocycles. The molecule has 0 aliphatic carbocycles. The summed E-state index contributed by atoms with van der Waals surface area (Å²) in [6, 6.07) is 1.11. The largest absolute Gasteiger partial charge is 0.481 e. The number of hydrogen-bond acceptors (Lipinski definition) is 4. The second kappa shape index (κ2) is 6.68. The third-order valence-electron chi connectivity index (χ3n) is 4.04. The van der Waals surface area contributed by atoms with Crippen LogP contribution in [0.5, 0.6) is 0 Å². The highest BCUT2D eigenvalue weighted by atomic mass is 16.7. The molecule has 0 amide bonds. The molecule has 0 aromatic heterocycles. The van der Waals surface area contributed by atoms with Gasteiger partial charge in [0.05, 0.1) is 12.7 Å². The van der Waals surface area contributed by atoms with Gasteiger partial charge in [0, 0.05) is 24.9 Å². The molecule has 1 N–H and O–H groups in total. The highest BCUT2D eigenvalue weighted by Crippen LogP contribution is 2.27. The quantitative estimate of drug-likeness (QED) is 0.799. The predicted octanol–water partition coefficient (Wildman–Crippen LogP) is 1.86. The molecule has 2 rings (SSSR count). The van der Waals surface area contributed by atoms with Crippen LogP contribution in [0.1, 0.15) is 46.0 Å². The lowest BCUT2D eigenvalue weighted by atomic mass is 10.1. The third kappa shape index (κ3) is 4.16. The first-order chi connectivity index (χ1) is 9.06. The monoisotopic (exact) mass is 271 g/mol. The summed E-state index contributed by atoms with van der Waals surface area (Å²) in [5, 5.41) is 8.66. The fourth-order valence-corrected chi connectivity index (χ4v) is 3.08. The Morgan fingerprint density at radius 3 is 2.95 bits per heavy atom. The van der Waals surface area contributed by atoms with Crippen molar-refractivity contribution in [3.63, 3.8) is 0 Å². The van der Waals surface area contributed by atoms with Crippen molar-refractivity contribution in [2.45, 2.75) is 70.4 Å². The Balaban J connectivity index is 1.74. The van der Waals surface area contributed by atoms with Gasteiger partial charge in [-0.25, -0.2) is 0 Å². The van der Waals surface area contributed by atoms with Gasteiger partial charge in [-0.1, -0.05) is 0 Å². The number of likely N-dealkylation sites (tertiary alicyclic amines) is 1. The minimum Gasteiger partial charge on any atom is -0.481 e. The highest BCUT2D eigenvalue weighted by molar-refractivity contribution is 5.66. The molecule has 2 aliphatic heterocycles. The molecule has 0 saturated carbocycles. The van der Waals surface area contributed by atoms with Crippen LogP contribution < -0.4 is 0 Å². The molecular weight excluding hydrogens is 246 g/mol. The van der Waals surface area contributed by atoms with Crippen LogP contribution in [0, 0.1) is 0 Å². The van der Waals surface area contributed by atoms with E-state index in [1.165, 1.54) is 12.8 Å². The van der Waals surface area contributed by atoms with Crippen molar-refractivity contribution in [2.75, 3.05) is 13.2 Å². The molecule has 0 spiro atoms. The van der Waals surface area contributed by atoms with Crippen molar-refractivity contribution in [1.82, 2.24) is 4.90 Å². The number of carboxylic acids is 1. The van der Waals surface area contributed by atoms with Gasteiger partial charge in [0.1, 0.15) is 0 Å². The van der Waals surface area contributed by atoms with E-state index in [1.54, 1.807) is 0 Å². The molecule has 3 atom stereocenters. The fourth-order valence-electron chi connectivity index (χ4n) is 3.08. The van der Waals surface area contributed by atoms with Gasteiger partial charge >= 0.3 is 5.97 Å². The number of nitrogens with zero attached hydrogens (tertiary/aromatic N) is 1. The van der Waals surface area contributed by atoms with Crippen molar-refractivity contribution >= 4 is 5.97 Å². The zero-order valence-corrected chi connectivity index (χ0v) is 11.9. The molecule has 2 aliphatic rings. The van der Waals surface area contributed by atoms with Gasteiger partial charge in [-0.3, -0.25) is 9.69 Å². The maximum Gasteiger partial charge on any atom is 0.303 e. The van der Waals surface area contributed by atoms with E-state index in [-0.39, 0.29) is 18.8 Å². The van der Waals surface area contributed by atoms with Crippen LogP contribution >= 0.6 is 0 Å². The first kappa shape index (κ1) is 14.8. The van der Waals surface area contributed by atoms with E-state index in [0.29, 0.717) is 25.1 Å². The minimum atomic E-state index is -0.770. The summed E-state index contributed by atoms with van der Waals surface area (Å²) in [5.41, 5.74) is 0. The second-order valence-corrected chi connectivity index (χ2v) is 5.82. The Morgan fingerprint density at radius 2 is 2.26 bits per heavy atom. The number of aliphatic carboxylic acids is 1. The molecule has 19 heavy (non-hydrogen) atoms. The molecule has 0 radical (unpaired) electrons. The molecule has 0 bridgehead atoms. The lowest BCUT2D eigenvalue weighted by Crippen LogP contribution is -2.37. The summed E-state index contributed by atoms with van der Waals surface area (Å²) in [5.74, 6) is -0.770. The van der Waals surface area contributed by atoms with E-state index >= 15 is 0 Å². The molecule has 3 unspecified atom stereocenters. The number of carboxylic acid groups (broad SMARTS) is 1. The van der Waals surface area contributed by atoms with E-state index in [9.17, 15) is 4.79 Å². The predicted molar refractivity (Wildman–Crippen MR) is 71.0 cm³/mol. The summed E-state index contributed by atoms with van der Waals surface area (Å²) in [4.78, 5) is 13.0. The van der Waals surface area contributed by atoms with Gasteiger partial charge in [0.25, 0.3) is 0 Å². The number of carbonyl (C=O) groups is 1. The topological polar surface area (TPSA) is 59.0 Å².